The highest BCUT2D eigenvalue weighted by molar-refractivity contribution is 6.30. The molecule has 1 unspecified atom stereocenters. The lowest BCUT2D eigenvalue weighted by Gasteiger charge is -2.15. The first-order chi connectivity index (χ1) is 10.2. The van der Waals surface area contributed by atoms with Crippen LogP contribution in [0.2, 0.25) is 5.02 Å². The van der Waals surface area contributed by atoms with Crippen LogP contribution >= 0.6 is 11.6 Å². The topological polar surface area (TPSA) is 42.4 Å². The van der Waals surface area contributed by atoms with Gasteiger partial charge in [-0.3, -0.25) is 0 Å². The van der Waals surface area contributed by atoms with Crippen molar-refractivity contribution in [2.75, 3.05) is 7.11 Å². The summed E-state index contributed by atoms with van der Waals surface area (Å²) in [7, 11) is 1.56. The number of nitrogens with zero attached hydrogens (tertiary/aromatic N) is 1. The molecule has 0 bridgehead atoms. The maximum Gasteiger partial charge on any atom is 0.125 e. The highest BCUT2D eigenvalue weighted by Gasteiger charge is 2.17. The number of fused-ring (bicyclic) bond motifs is 1. The number of hydrogen-bond donors (Lipinski definition) is 1. The van der Waals surface area contributed by atoms with Crippen molar-refractivity contribution < 1.29 is 9.84 Å². The Kier molecular flexibility index (Phi) is 3.78. The van der Waals surface area contributed by atoms with E-state index in [9.17, 15) is 5.11 Å². The monoisotopic (exact) mass is 299 g/mol. The molecule has 106 valence electrons. The second-order valence-corrected chi connectivity index (χ2v) is 5.15. The van der Waals surface area contributed by atoms with E-state index in [0.29, 0.717) is 22.0 Å². The summed E-state index contributed by atoms with van der Waals surface area (Å²) in [6, 6.07) is 16.7. The van der Waals surface area contributed by atoms with Crippen molar-refractivity contribution in [3.05, 3.63) is 70.9 Å². The van der Waals surface area contributed by atoms with Gasteiger partial charge in [0.15, 0.2) is 0 Å². The molecule has 1 N–H and O–H groups in total. The Bertz CT molecular complexity index is 789. The van der Waals surface area contributed by atoms with Gasteiger partial charge in [-0.25, -0.2) is 4.98 Å². The Hall–Kier alpha value is -2.10. The average Bonchev–Trinajstić information content (AvgIpc) is 2.53. The first-order valence-electron chi connectivity index (χ1n) is 6.56. The summed E-state index contributed by atoms with van der Waals surface area (Å²) in [5, 5.41) is 12.2. The number of benzene rings is 2. The highest BCUT2D eigenvalue weighted by atomic mass is 35.5. The molecule has 0 fully saturated rings. The van der Waals surface area contributed by atoms with E-state index in [1.807, 2.05) is 36.4 Å². The van der Waals surface area contributed by atoms with Gasteiger partial charge in [0, 0.05) is 16.0 Å². The van der Waals surface area contributed by atoms with Gasteiger partial charge in [0.25, 0.3) is 0 Å². The summed E-state index contributed by atoms with van der Waals surface area (Å²) in [4.78, 5) is 4.51. The Morgan fingerprint density at radius 1 is 1.10 bits per heavy atom. The molecule has 1 aromatic heterocycles. The maximum atomic E-state index is 10.6. The van der Waals surface area contributed by atoms with Crippen LogP contribution in [0.4, 0.5) is 0 Å². The zero-order valence-electron chi connectivity index (χ0n) is 11.5. The van der Waals surface area contributed by atoms with Crippen LogP contribution in [0.25, 0.3) is 10.9 Å². The molecule has 0 spiro atoms. The number of aromatic nitrogens is 1. The predicted octanol–water partition coefficient (Wildman–Crippen LogP) is 3.98. The quantitative estimate of drug-likeness (QED) is 0.795. The third-order valence-electron chi connectivity index (χ3n) is 3.39. The molecule has 3 nitrogen and oxygen atoms in total. The summed E-state index contributed by atoms with van der Waals surface area (Å²) < 4.78 is 5.28. The lowest BCUT2D eigenvalue weighted by molar-refractivity contribution is 0.210. The summed E-state index contributed by atoms with van der Waals surface area (Å²) in [5.41, 5.74) is 2.01. The maximum absolute atomic E-state index is 10.6. The summed E-state index contributed by atoms with van der Waals surface area (Å²) in [6.45, 7) is 0. The van der Waals surface area contributed by atoms with Crippen LogP contribution in [0.3, 0.4) is 0 Å². The lowest BCUT2D eigenvalue weighted by atomic mass is 10.0. The van der Waals surface area contributed by atoms with Crippen LogP contribution in [0.5, 0.6) is 5.75 Å². The second kappa shape index (κ2) is 5.72. The molecule has 1 heterocycles. The van der Waals surface area contributed by atoms with Gasteiger partial charge in [-0.05, 0) is 30.3 Å². The molecule has 0 aliphatic heterocycles. The largest absolute Gasteiger partial charge is 0.496 e. The molecular formula is C17H14ClNO2. The molecule has 0 radical (unpaired) electrons. The van der Waals surface area contributed by atoms with E-state index in [1.165, 1.54) is 0 Å². The van der Waals surface area contributed by atoms with E-state index >= 15 is 0 Å². The van der Waals surface area contributed by atoms with E-state index in [4.69, 9.17) is 16.3 Å². The fourth-order valence-corrected chi connectivity index (χ4v) is 2.49. The molecule has 21 heavy (non-hydrogen) atoms. The van der Waals surface area contributed by atoms with E-state index in [2.05, 4.69) is 4.98 Å². The number of rotatable bonds is 3. The Balaban J connectivity index is 2.07. The normalized spacial score (nSPS) is 12.3. The van der Waals surface area contributed by atoms with Gasteiger partial charge in [0.2, 0.25) is 0 Å². The minimum atomic E-state index is -0.886. The van der Waals surface area contributed by atoms with Crippen molar-refractivity contribution in [1.29, 1.82) is 0 Å². The van der Waals surface area contributed by atoms with Crippen molar-refractivity contribution in [2.45, 2.75) is 6.10 Å². The number of halogens is 1. The molecule has 0 amide bonds. The summed E-state index contributed by atoms with van der Waals surface area (Å²) in [6.07, 6.45) is -0.886. The van der Waals surface area contributed by atoms with Crippen LogP contribution < -0.4 is 4.74 Å². The average molecular weight is 300 g/mol. The summed E-state index contributed by atoms with van der Waals surface area (Å²) >= 11 is 6.01. The molecule has 0 aliphatic rings. The van der Waals surface area contributed by atoms with Gasteiger partial charge in [-0.1, -0.05) is 35.9 Å². The van der Waals surface area contributed by atoms with Gasteiger partial charge < -0.3 is 9.84 Å². The Labute approximate surface area is 127 Å². The highest BCUT2D eigenvalue weighted by Crippen LogP contribution is 2.32. The smallest absolute Gasteiger partial charge is 0.125 e. The number of pyridine rings is 1. The molecule has 4 heteroatoms. The molecule has 0 aliphatic carbocycles. The van der Waals surface area contributed by atoms with E-state index in [-0.39, 0.29) is 0 Å². The van der Waals surface area contributed by atoms with Gasteiger partial charge >= 0.3 is 0 Å². The number of aliphatic hydroxyl groups is 1. The van der Waals surface area contributed by atoms with Crippen LogP contribution in [0.1, 0.15) is 17.4 Å². The molecule has 3 aromatic rings. The lowest BCUT2D eigenvalue weighted by Crippen LogP contribution is -2.04. The molecule has 1 atom stereocenters. The fourth-order valence-electron chi connectivity index (χ4n) is 2.31. The zero-order chi connectivity index (χ0) is 14.8. The standard InChI is InChI=1S/C17H14ClNO2/c1-21-16-9-7-12(18)10-13(16)17(20)15-8-6-11-4-2-3-5-14(11)19-15/h2-10,17,20H,1H3. The third kappa shape index (κ3) is 2.71. The number of ether oxygens (including phenoxy) is 1. The Morgan fingerprint density at radius 3 is 2.71 bits per heavy atom. The van der Waals surface area contributed by atoms with Gasteiger partial charge in [-0.15, -0.1) is 0 Å². The third-order valence-corrected chi connectivity index (χ3v) is 3.62. The van der Waals surface area contributed by atoms with Gasteiger partial charge in [0.1, 0.15) is 11.9 Å². The number of hydrogen-bond acceptors (Lipinski definition) is 3. The van der Waals surface area contributed by atoms with E-state index in [1.54, 1.807) is 25.3 Å². The minimum Gasteiger partial charge on any atom is -0.496 e. The van der Waals surface area contributed by atoms with Crippen molar-refractivity contribution >= 4 is 22.5 Å². The zero-order valence-corrected chi connectivity index (χ0v) is 12.2. The summed E-state index contributed by atoms with van der Waals surface area (Å²) in [5.74, 6) is 0.585. The second-order valence-electron chi connectivity index (χ2n) is 4.72. The SMILES string of the molecule is COc1ccc(Cl)cc1C(O)c1ccc2ccccc2n1. The van der Waals surface area contributed by atoms with Crippen LogP contribution in [0, 0.1) is 0 Å². The first-order valence-corrected chi connectivity index (χ1v) is 6.94. The van der Waals surface area contributed by atoms with E-state index in [0.717, 1.165) is 10.9 Å². The molecule has 0 saturated carbocycles. The molecule has 2 aromatic carbocycles. The van der Waals surface area contributed by atoms with Crippen molar-refractivity contribution in [2.24, 2.45) is 0 Å². The number of methoxy groups -OCH3 is 1. The molecular weight excluding hydrogens is 286 g/mol. The van der Waals surface area contributed by atoms with Crippen LogP contribution in [-0.4, -0.2) is 17.2 Å². The molecule has 0 saturated heterocycles. The number of aliphatic hydroxyl groups excluding tert-OH is 1. The van der Waals surface area contributed by atoms with Gasteiger partial charge in [-0.2, -0.15) is 0 Å². The predicted molar refractivity (Wildman–Crippen MR) is 83.8 cm³/mol. The number of para-hydroxylation sites is 1. The van der Waals surface area contributed by atoms with Crippen LogP contribution in [-0.2, 0) is 0 Å². The van der Waals surface area contributed by atoms with Crippen molar-refractivity contribution in [3.63, 3.8) is 0 Å². The minimum absolute atomic E-state index is 0.547. The fraction of sp³-hybridized carbons (Fsp3) is 0.118. The van der Waals surface area contributed by atoms with Crippen molar-refractivity contribution in [1.82, 2.24) is 4.98 Å². The first kappa shape index (κ1) is 13.9. The molecule has 3 rings (SSSR count). The van der Waals surface area contributed by atoms with Crippen LogP contribution in [0.15, 0.2) is 54.6 Å². The van der Waals surface area contributed by atoms with E-state index < -0.39 is 6.10 Å². The Morgan fingerprint density at radius 2 is 1.90 bits per heavy atom. The van der Waals surface area contributed by atoms with Crippen molar-refractivity contribution in [3.8, 4) is 5.75 Å². The van der Waals surface area contributed by atoms with Gasteiger partial charge in [0.05, 0.1) is 18.3 Å².